The minimum atomic E-state index is -0.720. The van der Waals surface area contributed by atoms with E-state index >= 15 is 0 Å². The van der Waals surface area contributed by atoms with Gasteiger partial charge in [-0.25, -0.2) is 0 Å². The molecule has 2 aliphatic rings. The molecule has 0 N–H and O–H groups in total. The number of hydrogen-bond donors (Lipinski definition) is 0. The van der Waals surface area contributed by atoms with Crippen molar-refractivity contribution in [3.05, 3.63) is 154 Å². The zero-order valence-electron chi connectivity index (χ0n) is 18.5. The molecule has 0 aliphatic heterocycles. The second kappa shape index (κ2) is 9.12. The Hall–Kier alpha value is -2.18. The number of halogens is 2. The van der Waals surface area contributed by atoms with Gasteiger partial charge < -0.3 is 0 Å². The van der Waals surface area contributed by atoms with E-state index in [1.165, 1.54) is 11.1 Å². The van der Waals surface area contributed by atoms with Crippen LogP contribution in [0.25, 0.3) is 12.2 Å². The van der Waals surface area contributed by atoms with Crippen molar-refractivity contribution in [1.29, 1.82) is 0 Å². The van der Waals surface area contributed by atoms with Gasteiger partial charge >= 0.3 is 0 Å². The van der Waals surface area contributed by atoms with E-state index in [1.54, 1.807) is 0 Å². The Morgan fingerprint density at radius 1 is 0.471 bits per heavy atom. The van der Waals surface area contributed by atoms with Gasteiger partial charge in [0.25, 0.3) is 0 Å². The van der Waals surface area contributed by atoms with Crippen LogP contribution in [0.5, 0.6) is 0 Å². The monoisotopic (exact) mass is 554 g/mol. The maximum Gasteiger partial charge on any atom is 0.117 e. The first-order valence-electron chi connectivity index (χ1n) is 11.2. The van der Waals surface area contributed by atoms with Crippen molar-refractivity contribution in [3.8, 4) is 0 Å². The van der Waals surface area contributed by atoms with Crippen LogP contribution in [0, 0.1) is 0 Å². The summed E-state index contributed by atoms with van der Waals surface area (Å²) in [5.74, 6) is 0. The molecule has 0 aromatic heterocycles. The number of benzene rings is 4. The van der Waals surface area contributed by atoms with Gasteiger partial charge in [0.05, 0.1) is 0 Å². The molecule has 0 fully saturated rings. The van der Waals surface area contributed by atoms with Gasteiger partial charge in [0.15, 0.2) is 0 Å². The molecular weight excluding hydrogens is 534 g/mol. The quantitative estimate of drug-likeness (QED) is 0.221. The molecule has 4 aromatic carbocycles. The minimum absolute atomic E-state index is 0. The van der Waals surface area contributed by atoms with Gasteiger partial charge in [-0.15, -0.1) is 23.2 Å². The molecule has 164 valence electrons. The first-order chi connectivity index (χ1) is 16.1. The first kappa shape index (κ1) is 23.6. The molecule has 34 heavy (non-hydrogen) atoms. The van der Waals surface area contributed by atoms with E-state index in [0.29, 0.717) is 6.42 Å². The summed E-state index contributed by atoms with van der Waals surface area (Å²) in [4.78, 5) is -1.44. The van der Waals surface area contributed by atoms with Gasteiger partial charge in [0.2, 0.25) is 0 Å². The zero-order chi connectivity index (χ0) is 22.5. The van der Waals surface area contributed by atoms with Crippen LogP contribution in [-0.2, 0) is 36.0 Å². The molecule has 0 saturated carbocycles. The first-order valence-corrected chi connectivity index (χ1v) is 12.0. The van der Waals surface area contributed by atoms with Crippen LogP contribution in [0.3, 0.4) is 0 Å². The summed E-state index contributed by atoms with van der Waals surface area (Å²) < 4.78 is 0. The average molecular weight is 557 g/mol. The Balaban J connectivity index is 0.00000241. The normalized spacial score (nSPS) is 22.3. The van der Waals surface area contributed by atoms with Crippen LogP contribution >= 0.6 is 23.2 Å². The molecule has 2 atom stereocenters. The second-order valence-electron chi connectivity index (χ2n) is 8.74. The number of allylic oxidation sites excluding steroid dienone is 2. The average Bonchev–Trinajstić information content (AvgIpc) is 3.33. The van der Waals surface area contributed by atoms with Crippen molar-refractivity contribution in [3.63, 3.8) is 0 Å². The summed E-state index contributed by atoms with van der Waals surface area (Å²) in [6.45, 7) is 0. The SMILES string of the molecule is ClC1(c2ccccc2)C(CC2=Cc3ccccc3C2(Cl)c2ccccc2)=Cc2ccccc21.[Zr]. The van der Waals surface area contributed by atoms with Crippen molar-refractivity contribution in [1.82, 2.24) is 0 Å². The summed E-state index contributed by atoms with van der Waals surface area (Å²) in [5.41, 5.74) is 9.06. The zero-order valence-corrected chi connectivity index (χ0v) is 22.5. The minimum Gasteiger partial charge on any atom is -0.104 e. The van der Waals surface area contributed by atoms with E-state index < -0.39 is 9.75 Å². The predicted octanol–water partition coefficient (Wildman–Crippen LogP) is 8.53. The molecule has 0 nitrogen and oxygen atoms in total. The van der Waals surface area contributed by atoms with Gasteiger partial charge in [0, 0.05) is 26.2 Å². The van der Waals surface area contributed by atoms with E-state index in [4.69, 9.17) is 23.2 Å². The van der Waals surface area contributed by atoms with Crippen LogP contribution in [0.15, 0.2) is 120 Å². The molecule has 0 bridgehead atoms. The molecular formula is C31H22Cl2Zr. The molecule has 2 unspecified atom stereocenters. The van der Waals surface area contributed by atoms with Crippen molar-refractivity contribution in [2.45, 2.75) is 16.2 Å². The molecule has 4 aromatic rings. The fraction of sp³-hybridized carbons (Fsp3) is 0.0968. The van der Waals surface area contributed by atoms with Crippen molar-refractivity contribution in [2.24, 2.45) is 0 Å². The van der Waals surface area contributed by atoms with Crippen molar-refractivity contribution in [2.75, 3.05) is 0 Å². The summed E-state index contributed by atoms with van der Waals surface area (Å²) in [6.07, 6.45) is 5.18. The molecule has 0 heterocycles. The fourth-order valence-corrected chi connectivity index (χ4v) is 6.20. The van der Waals surface area contributed by atoms with Crippen molar-refractivity contribution >= 4 is 35.4 Å². The van der Waals surface area contributed by atoms with Gasteiger partial charge in [-0.1, -0.05) is 121 Å². The van der Waals surface area contributed by atoms with Gasteiger partial charge in [-0.05, 0) is 50.9 Å². The van der Waals surface area contributed by atoms with Gasteiger partial charge in [-0.2, -0.15) is 0 Å². The Labute approximate surface area is 230 Å². The van der Waals surface area contributed by atoms with Crippen LogP contribution < -0.4 is 0 Å². The van der Waals surface area contributed by atoms with Gasteiger partial charge in [0.1, 0.15) is 9.75 Å². The number of fused-ring (bicyclic) bond motifs is 2. The molecule has 0 saturated heterocycles. The van der Waals surface area contributed by atoms with Crippen LogP contribution in [0.1, 0.15) is 39.8 Å². The number of alkyl halides is 2. The number of hydrogen-bond acceptors (Lipinski definition) is 0. The molecule has 2 aliphatic carbocycles. The maximum atomic E-state index is 7.58. The smallest absolute Gasteiger partial charge is 0.104 e. The Morgan fingerprint density at radius 2 is 0.824 bits per heavy atom. The summed E-state index contributed by atoms with van der Waals surface area (Å²) in [5, 5.41) is 0. The van der Waals surface area contributed by atoms with Gasteiger partial charge in [-0.3, -0.25) is 0 Å². The van der Waals surface area contributed by atoms with Crippen LogP contribution in [0.2, 0.25) is 0 Å². The molecule has 0 spiro atoms. The fourth-order valence-electron chi connectivity index (χ4n) is 5.36. The van der Waals surface area contributed by atoms with Crippen molar-refractivity contribution < 1.29 is 26.2 Å². The van der Waals surface area contributed by atoms with Crippen LogP contribution in [0.4, 0.5) is 0 Å². The Bertz CT molecular complexity index is 1300. The van der Waals surface area contributed by atoms with E-state index in [-0.39, 0.29) is 26.2 Å². The van der Waals surface area contributed by atoms with E-state index in [1.807, 2.05) is 12.1 Å². The van der Waals surface area contributed by atoms with Crippen LogP contribution in [-0.4, -0.2) is 0 Å². The molecule has 6 rings (SSSR count). The van der Waals surface area contributed by atoms with E-state index in [0.717, 1.165) is 33.4 Å². The van der Waals surface area contributed by atoms with E-state index in [2.05, 4.69) is 109 Å². The predicted molar refractivity (Wildman–Crippen MR) is 140 cm³/mol. The number of rotatable bonds is 4. The maximum absolute atomic E-state index is 7.58. The summed E-state index contributed by atoms with van der Waals surface area (Å²) >= 11 is 15.2. The standard InChI is InChI=1S/C31H22Cl2.Zr/c32-30(24-13-3-1-4-14-24)26(19-22-11-7-9-17-28(22)30)21-27-20-23-12-8-10-18-29(23)31(27,33)25-15-5-2-6-16-25;/h1-20H,21H2;. The third kappa shape index (κ3) is 3.53. The topological polar surface area (TPSA) is 0 Å². The van der Waals surface area contributed by atoms with E-state index in [9.17, 15) is 0 Å². The Kier molecular flexibility index (Phi) is 6.32. The third-order valence-corrected chi connectivity index (χ3v) is 8.26. The third-order valence-electron chi connectivity index (χ3n) is 6.93. The summed E-state index contributed by atoms with van der Waals surface area (Å²) in [7, 11) is 0. The summed E-state index contributed by atoms with van der Waals surface area (Å²) in [6, 6.07) is 37.6. The Morgan fingerprint density at radius 3 is 1.24 bits per heavy atom. The molecule has 0 radical (unpaired) electrons. The molecule has 0 amide bonds. The molecule has 3 heteroatoms. The second-order valence-corrected chi connectivity index (χ2v) is 9.87. The largest absolute Gasteiger partial charge is 0.117 e.